The van der Waals surface area contributed by atoms with E-state index in [1.807, 2.05) is 0 Å². The largest absolute Gasteiger partial charge is 0 e. The minimum atomic E-state index is 0. The maximum Gasteiger partial charge on any atom is 0 e. The molecule has 0 saturated heterocycles. The van der Waals surface area contributed by atoms with Crippen LogP contribution in [0.5, 0.6) is 0 Å². The quantitative estimate of drug-likeness (QED) is 0.515. The second-order valence-electron chi connectivity index (χ2n) is 0.0962. The Morgan fingerprint density at radius 2 is 1.75 bits per heavy atom. The SMILES string of the molecule is O=[CH][W].[W]. The molecule has 0 heterocycles. The van der Waals surface area contributed by atoms with Gasteiger partial charge in [0.1, 0.15) is 0 Å². The van der Waals surface area contributed by atoms with Crippen LogP contribution < -0.4 is 0 Å². The number of carbonyl (C=O) groups is 1. The molecule has 0 unspecified atom stereocenters. The molecule has 0 atom stereocenters. The van der Waals surface area contributed by atoms with Crippen LogP contribution in [0.15, 0.2) is 0 Å². The van der Waals surface area contributed by atoms with Gasteiger partial charge in [-0.15, -0.1) is 0 Å². The molecule has 0 aliphatic carbocycles. The molecule has 0 spiro atoms. The maximum atomic E-state index is 8.84. The summed E-state index contributed by atoms with van der Waals surface area (Å²) in [6.45, 7) is 0. The predicted octanol–water partition coefficient (Wildman–Crippen LogP) is -0.279. The molecule has 0 N–H and O–H groups in total. The molecule has 23 valence electrons. The van der Waals surface area contributed by atoms with E-state index in [0.29, 0.717) is 0 Å². The zero-order chi connectivity index (χ0) is 2.71. The first-order valence-corrected chi connectivity index (χ1v) is 2.17. The number of rotatable bonds is 0. The Hall–Kier alpha value is 1.05. The number of hydrogen-bond acceptors (Lipinski definition) is 1. The predicted molar refractivity (Wildman–Crippen MR) is 6.75 cm³/mol. The van der Waals surface area contributed by atoms with Gasteiger partial charge in [0.2, 0.25) is 0 Å². The molecular weight excluding hydrogens is 396 g/mol. The first-order chi connectivity index (χ1) is 1.41. The molecule has 0 amide bonds. The Labute approximate surface area is 50.3 Å². The molecule has 0 aromatic carbocycles. The average molecular weight is 397 g/mol. The zero-order valence-corrected chi connectivity index (χ0v) is 7.67. The summed E-state index contributed by atoms with van der Waals surface area (Å²) in [4.78, 5) is 8.84. The van der Waals surface area contributed by atoms with Crippen LogP contribution in [0.3, 0.4) is 0 Å². The van der Waals surface area contributed by atoms with Crippen LogP contribution in [0.2, 0.25) is 0 Å². The zero-order valence-electron chi connectivity index (χ0n) is 1.80. The third-order valence-corrected chi connectivity index (χ3v) is 0. The Bertz CT molecular complexity index is 13.5. The van der Waals surface area contributed by atoms with E-state index in [9.17, 15) is 0 Å². The van der Waals surface area contributed by atoms with Crippen molar-refractivity contribution in [3.8, 4) is 0 Å². The first kappa shape index (κ1) is 8.90. The molecule has 0 bridgehead atoms. The summed E-state index contributed by atoms with van der Waals surface area (Å²) in [5.74, 6) is 0. The van der Waals surface area contributed by atoms with Gasteiger partial charge in [-0.05, 0) is 0 Å². The van der Waals surface area contributed by atoms with E-state index in [1.54, 1.807) is 0 Å². The van der Waals surface area contributed by atoms with Crippen LogP contribution >= 0.6 is 0 Å². The molecule has 4 heavy (non-hydrogen) atoms. The van der Waals surface area contributed by atoms with Crippen molar-refractivity contribution in [2.75, 3.05) is 0 Å². The summed E-state index contributed by atoms with van der Waals surface area (Å²) < 4.78 is 0.833. The van der Waals surface area contributed by atoms with Gasteiger partial charge in [-0.3, -0.25) is 0 Å². The van der Waals surface area contributed by atoms with E-state index in [-0.39, 0.29) is 21.1 Å². The van der Waals surface area contributed by atoms with Crippen LogP contribution in [-0.2, 0) is 45.7 Å². The fourth-order valence-corrected chi connectivity index (χ4v) is 0. The van der Waals surface area contributed by atoms with Crippen molar-refractivity contribution in [1.82, 2.24) is 0 Å². The smallest absolute Gasteiger partial charge is 0 e. The van der Waals surface area contributed by atoms with Crippen LogP contribution in [0.4, 0.5) is 0 Å². The normalized spacial score (nSPS) is 3.00. The van der Waals surface area contributed by atoms with Gasteiger partial charge >= 0.3 is 29.3 Å². The molecule has 0 saturated carbocycles. The Kier molecular flexibility index (Phi) is 20.0. The van der Waals surface area contributed by atoms with Gasteiger partial charge in [0.15, 0.2) is 0 Å². The van der Waals surface area contributed by atoms with Gasteiger partial charge in [0.05, 0.1) is 0 Å². The summed E-state index contributed by atoms with van der Waals surface area (Å²) in [6.07, 6.45) is 0. The summed E-state index contributed by atoms with van der Waals surface area (Å²) in [7, 11) is 0. The van der Waals surface area contributed by atoms with Crippen LogP contribution in [-0.4, -0.2) is 4.68 Å². The van der Waals surface area contributed by atoms with E-state index in [0.717, 1.165) is 24.5 Å². The van der Waals surface area contributed by atoms with E-state index in [4.69, 9.17) is 4.79 Å². The second kappa shape index (κ2) is 8.97. The summed E-state index contributed by atoms with van der Waals surface area (Å²) in [5, 5.41) is 0. The molecule has 0 aromatic heterocycles. The molecular formula is CHOW2. The summed E-state index contributed by atoms with van der Waals surface area (Å²) in [6, 6.07) is 0. The number of carbonyl (C=O) groups excluding carboxylic acids is 1. The first-order valence-electron chi connectivity index (χ1n) is 0.471. The van der Waals surface area contributed by atoms with Crippen LogP contribution in [0.1, 0.15) is 0 Å². The summed E-state index contributed by atoms with van der Waals surface area (Å²) in [5.41, 5.74) is 0. The van der Waals surface area contributed by atoms with Crippen LogP contribution in [0, 0.1) is 0 Å². The van der Waals surface area contributed by atoms with E-state index in [2.05, 4.69) is 0 Å². The van der Waals surface area contributed by atoms with Crippen molar-refractivity contribution in [3.05, 3.63) is 0 Å². The standard InChI is InChI=1S/CHO.2W/c1-2;;/h1H;;. The Balaban J connectivity index is 0. The van der Waals surface area contributed by atoms with Gasteiger partial charge in [-0.25, -0.2) is 0 Å². The Morgan fingerprint density at radius 1 is 1.75 bits per heavy atom. The van der Waals surface area contributed by atoms with Crippen molar-refractivity contribution in [1.29, 1.82) is 0 Å². The molecule has 0 rings (SSSR count). The van der Waals surface area contributed by atoms with Gasteiger partial charge < -0.3 is 0 Å². The topological polar surface area (TPSA) is 17.1 Å². The molecule has 0 aliphatic rings. The van der Waals surface area contributed by atoms with Crippen molar-refractivity contribution < 1.29 is 45.7 Å². The van der Waals surface area contributed by atoms with E-state index in [1.165, 1.54) is 0 Å². The van der Waals surface area contributed by atoms with E-state index < -0.39 is 0 Å². The van der Waals surface area contributed by atoms with Gasteiger partial charge in [-0.1, -0.05) is 0 Å². The monoisotopic (exact) mass is 397 g/mol. The molecule has 0 aliphatic heterocycles. The van der Waals surface area contributed by atoms with Gasteiger partial charge in [0, 0.05) is 21.1 Å². The second-order valence-corrected chi connectivity index (χ2v) is 0.788. The van der Waals surface area contributed by atoms with Gasteiger partial charge in [0.25, 0.3) is 0 Å². The average Bonchev–Trinajstić information content (AvgIpc) is 0.918. The molecule has 3 heteroatoms. The minimum Gasteiger partial charge on any atom is 0 e. The minimum absolute atomic E-state index is 0. The third-order valence-electron chi connectivity index (χ3n) is 0. The molecule has 0 radical (unpaired) electrons. The third kappa shape index (κ3) is 11.6. The van der Waals surface area contributed by atoms with Crippen molar-refractivity contribution in [3.63, 3.8) is 0 Å². The van der Waals surface area contributed by atoms with Crippen molar-refractivity contribution >= 4 is 4.68 Å². The van der Waals surface area contributed by atoms with Crippen LogP contribution in [0.25, 0.3) is 0 Å². The van der Waals surface area contributed by atoms with Crippen molar-refractivity contribution in [2.45, 2.75) is 0 Å². The Morgan fingerprint density at radius 3 is 1.75 bits per heavy atom. The van der Waals surface area contributed by atoms with Crippen molar-refractivity contribution in [2.24, 2.45) is 0 Å². The molecule has 1 nitrogen and oxygen atoms in total. The fraction of sp³-hybridized carbons (Fsp3) is 0. The van der Waals surface area contributed by atoms with Gasteiger partial charge in [-0.2, -0.15) is 0 Å². The fourth-order valence-electron chi connectivity index (χ4n) is 0. The molecule has 0 fully saturated rings. The molecule has 0 aromatic rings. The van der Waals surface area contributed by atoms with E-state index >= 15 is 0 Å². The summed E-state index contributed by atoms with van der Waals surface area (Å²) >= 11 is 0.991. The number of hydrogen-bond donors (Lipinski definition) is 0. The maximum absolute atomic E-state index is 8.84.